The molecule has 0 aliphatic heterocycles. The topological polar surface area (TPSA) is 81.4 Å². The van der Waals surface area contributed by atoms with Crippen LogP contribution in [0.25, 0.3) is 17.1 Å². The second-order valence-electron chi connectivity index (χ2n) is 8.34. The van der Waals surface area contributed by atoms with Crippen molar-refractivity contribution in [1.82, 2.24) is 20.2 Å². The molecule has 0 aliphatic carbocycles. The van der Waals surface area contributed by atoms with Crippen molar-refractivity contribution >= 4 is 23.9 Å². The molecule has 0 spiro atoms. The fourth-order valence-electron chi connectivity index (χ4n) is 3.54. The van der Waals surface area contributed by atoms with E-state index < -0.39 is 0 Å². The summed E-state index contributed by atoms with van der Waals surface area (Å²) in [5.41, 5.74) is 6.60. The first-order valence-corrected chi connectivity index (χ1v) is 12.8. The van der Waals surface area contributed by atoms with Crippen molar-refractivity contribution in [2.24, 2.45) is 5.10 Å². The van der Waals surface area contributed by atoms with Gasteiger partial charge < -0.3 is 4.74 Å². The Hall–Kier alpha value is -3.91. The highest BCUT2D eigenvalue weighted by atomic mass is 32.2. The van der Waals surface area contributed by atoms with Crippen LogP contribution in [0.15, 0.2) is 89.1 Å². The summed E-state index contributed by atoms with van der Waals surface area (Å²) in [4.78, 5) is 12.5. The van der Waals surface area contributed by atoms with E-state index >= 15 is 0 Å². The van der Waals surface area contributed by atoms with Gasteiger partial charge in [0.15, 0.2) is 11.0 Å². The van der Waals surface area contributed by atoms with Gasteiger partial charge in [-0.3, -0.25) is 9.36 Å². The van der Waals surface area contributed by atoms with Gasteiger partial charge in [-0.25, -0.2) is 5.43 Å². The average molecular weight is 500 g/mol. The van der Waals surface area contributed by atoms with Gasteiger partial charge in [0.1, 0.15) is 5.75 Å². The lowest BCUT2D eigenvalue weighted by Gasteiger charge is -2.11. The third-order valence-corrected chi connectivity index (χ3v) is 6.34. The SMILES string of the molecule is CCOc1ccc(-n2c(SCC(=O)N/N=C\c3ccc(C(C)C)cc3)nnc2-c2ccccc2)cc1. The molecule has 0 aliphatic rings. The molecule has 3 aromatic carbocycles. The van der Waals surface area contributed by atoms with Crippen LogP contribution in [-0.2, 0) is 4.79 Å². The predicted molar refractivity (Wildman–Crippen MR) is 145 cm³/mol. The van der Waals surface area contributed by atoms with Gasteiger partial charge >= 0.3 is 0 Å². The minimum atomic E-state index is -0.224. The van der Waals surface area contributed by atoms with E-state index in [0.29, 0.717) is 23.5 Å². The molecular weight excluding hydrogens is 470 g/mol. The highest BCUT2D eigenvalue weighted by Gasteiger charge is 2.17. The lowest BCUT2D eigenvalue weighted by atomic mass is 10.0. The quantitative estimate of drug-likeness (QED) is 0.172. The summed E-state index contributed by atoms with van der Waals surface area (Å²) < 4.78 is 7.52. The van der Waals surface area contributed by atoms with Gasteiger partial charge in [0.25, 0.3) is 5.91 Å². The summed E-state index contributed by atoms with van der Waals surface area (Å²) in [6, 6.07) is 25.7. The first-order chi connectivity index (χ1) is 17.5. The third-order valence-electron chi connectivity index (χ3n) is 5.41. The zero-order chi connectivity index (χ0) is 25.3. The van der Waals surface area contributed by atoms with Crippen molar-refractivity contribution in [3.05, 3.63) is 90.0 Å². The standard InChI is InChI=1S/C28H29N5O2S/c1-4-35-25-16-14-24(15-17-25)33-27(23-8-6-5-7-9-23)31-32-28(33)36-19-26(34)30-29-18-21-10-12-22(13-11-21)20(2)3/h5-18,20H,4,19H2,1-3H3,(H,30,34)/b29-18-. The van der Waals surface area contributed by atoms with Crippen LogP contribution >= 0.6 is 11.8 Å². The largest absolute Gasteiger partial charge is 0.494 e. The lowest BCUT2D eigenvalue weighted by molar-refractivity contribution is -0.118. The number of hydrazone groups is 1. The minimum absolute atomic E-state index is 0.146. The Bertz CT molecular complexity index is 1300. The van der Waals surface area contributed by atoms with Crippen LogP contribution in [0.3, 0.4) is 0 Å². The van der Waals surface area contributed by atoms with Gasteiger partial charge in [-0.15, -0.1) is 10.2 Å². The Kier molecular flexibility index (Phi) is 8.52. The smallest absolute Gasteiger partial charge is 0.250 e. The molecule has 4 aromatic rings. The van der Waals surface area contributed by atoms with Crippen LogP contribution in [-0.4, -0.2) is 39.2 Å². The fourth-order valence-corrected chi connectivity index (χ4v) is 4.28. The molecular formula is C28H29N5O2S. The van der Waals surface area contributed by atoms with Crippen molar-refractivity contribution in [3.63, 3.8) is 0 Å². The number of carbonyl (C=O) groups excluding carboxylic acids is 1. The first-order valence-electron chi connectivity index (χ1n) is 11.8. The van der Waals surface area contributed by atoms with Crippen molar-refractivity contribution in [3.8, 4) is 22.8 Å². The number of nitrogens with zero attached hydrogens (tertiary/aromatic N) is 4. The molecule has 4 rings (SSSR count). The van der Waals surface area contributed by atoms with E-state index in [0.717, 1.165) is 22.6 Å². The number of benzene rings is 3. The molecule has 1 aromatic heterocycles. The summed E-state index contributed by atoms with van der Waals surface area (Å²) in [5.74, 6) is 1.89. The highest BCUT2D eigenvalue weighted by molar-refractivity contribution is 7.99. The summed E-state index contributed by atoms with van der Waals surface area (Å²) in [7, 11) is 0. The maximum absolute atomic E-state index is 12.5. The average Bonchev–Trinajstić information content (AvgIpc) is 3.33. The fraction of sp³-hybridized carbons (Fsp3) is 0.214. The Morgan fingerprint density at radius 1 is 1.03 bits per heavy atom. The molecule has 1 amide bonds. The number of rotatable bonds is 10. The number of ether oxygens (including phenoxy) is 1. The van der Waals surface area contributed by atoms with Crippen molar-refractivity contribution in [2.45, 2.75) is 31.8 Å². The molecule has 1 heterocycles. The summed E-state index contributed by atoms with van der Waals surface area (Å²) in [6.45, 7) is 6.86. The third kappa shape index (κ3) is 6.40. The number of thioether (sulfide) groups is 1. The van der Waals surface area contributed by atoms with Gasteiger partial charge in [-0.1, -0.05) is 80.2 Å². The summed E-state index contributed by atoms with van der Waals surface area (Å²) in [6.07, 6.45) is 1.64. The molecule has 7 nitrogen and oxygen atoms in total. The zero-order valence-electron chi connectivity index (χ0n) is 20.6. The number of amides is 1. The molecule has 36 heavy (non-hydrogen) atoms. The van der Waals surface area contributed by atoms with Crippen LogP contribution in [0, 0.1) is 0 Å². The highest BCUT2D eigenvalue weighted by Crippen LogP contribution is 2.28. The molecule has 0 atom stereocenters. The molecule has 0 unspecified atom stereocenters. The van der Waals surface area contributed by atoms with Crippen LogP contribution < -0.4 is 10.2 Å². The molecule has 0 saturated carbocycles. The number of hydrogen-bond acceptors (Lipinski definition) is 6. The van der Waals surface area contributed by atoms with Gasteiger partial charge in [0.05, 0.1) is 18.6 Å². The van der Waals surface area contributed by atoms with E-state index in [4.69, 9.17) is 4.74 Å². The summed E-state index contributed by atoms with van der Waals surface area (Å²) >= 11 is 1.30. The number of carbonyl (C=O) groups is 1. The van der Waals surface area contributed by atoms with E-state index in [2.05, 4.69) is 46.7 Å². The maximum atomic E-state index is 12.5. The number of aromatic nitrogens is 3. The van der Waals surface area contributed by atoms with E-state index in [9.17, 15) is 4.79 Å². The van der Waals surface area contributed by atoms with Gasteiger partial charge in [-0.05, 0) is 48.2 Å². The van der Waals surface area contributed by atoms with Crippen molar-refractivity contribution < 1.29 is 9.53 Å². The van der Waals surface area contributed by atoms with Gasteiger partial charge in [-0.2, -0.15) is 5.10 Å². The molecule has 0 saturated heterocycles. The maximum Gasteiger partial charge on any atom is 0.250 e. The van der Waals surface area contributed by atoms with Crippen LogP contribution in [0.1, 0.15) is 37.8 Å². The normalized spacial score (nSPS) is 11.2. The van der Waals surface area contributed by atoms with Crippen LogP contribution in [0.2, 0.25) is 0 Å². The predicted octanol–water partition coefficient (Wildman–Crippen LogP) is 5.70. The van der Waals surface area contributed by atoms with E-state index in [1.165, 1.54) is 17.3 Å². The second-order valence-corrected chi connectivity index (χ2v) is 9.28. The van der Waals surface area contributed by atoms with Crippen molar-refractivity contribution in [1.29, 1.82) is 0 Å². The van der Waals surface area contributed by atoms with E-state index in [-0.39, 0.29) is 11.7 Å². The molecule has 8 heteroatoms. The molecule has 184 valence electrons. The lowest BCUT2D eigenvalue weighted by Crippen LogP contribution is -2.20. The molecule has 0 fully saturated rings. The van der Waals surface area contributed by atoms with Gasteiger partial charge in [0, 0.05) is 11.3 Å². The zero-order valence-corrected chi connectivity index (χ0v) is 21.4. The Balaban J connectivity index is 1.46. The van der Waals surface area contributed by atoms with Crippen LogP contribution in [0.5, 0.6) is 5.75 Å². The molecule has 0 radical (unpaired) electrons. The molecule has 0 bridgehead atoms. The minimum Gasteiger partial charge on any atom is -0.494 e. The Morgan fingerprint density at radius 2 is 1.75 bits per heavy atom. The Labute approximate surface area is 215 Å². The molecule has 1 N–H and O–H groups in total. The number of nitrogens with one attached hydrogen (secondary N) is 1. The van der Waals surface area contributed by atoms with Crippen LogP contribution in [0.4, 0.5) is 0 Å². The summed E-state index contributed by atoms with van der Waals surface area (Å²) in [5, 5.41) is 13.5. The second kappa shape index (κ2) is 12.2. The van der Waals surface area contributed by atoms with E-state index in [1.54, 1.807) is 6.21 Å². The van der Waals surface area contributed by atoms with Crippen molar-refractivity contribution in [2.75, 3.05) is 12.4 Å². The van der Waals surface area contributed by atoms with Gasteiger partial charge in [0.2, 0.25) is 0 Å². The number of hydrogen-bond donors (Lipinski definition) is 1. The monoisotopic (exact) mass is 499 g/mol. The van der Waals surface area contributed by atoms with E-state index in [1.807, 2.05) is 78.2 Å². The Morgan fingerprint density at radius 3 is 2.42 bits per heavy atom. The first kappa shape index (κ1) is 25.2.